The van der Waals surface area contributed by atoms with Crippen molar-refractivity contribution in [3.05, 3.63) is 72.8 Å². The fourth-order valence-electron chi connectivity index (χ4n) is 2.84. The lowest BCUT2D eigenvalue weighted by Crippen LogP contribution is -2.15. The Morgan fingerprint density at radius 1 is 1.12 bits per heavy atom. The summed E-state index contributed by atoms with van der Waals surface area (Å²) in [5, 5.41) is 8.16. The van der Waals surface area contributed by atoms with E-state index in [1.165, 1.54) is 0 Å². The van der Waals surface area contributed by atoms with Gasteiger partial charge in [-0.25, -0.2) is 4.98 Å². The van der Waals surface area contributed by atoms with Crippen molar-refractivity contribution in [2.75, 3.05) is 5.32 Å². The molecule has 6 nitrogen and oxygen atoms in total. The van der Waals surface area contributed by atoms with E-state index in [0.717, 1.165) is 27.9 Å². The molecule has 1 N–H and O–H groups in total. The standard InChI is InChI=1S/C20H17N5O/c1-25-11-9-16(24-25)12-19(26)22-18-6-2-4-14-7-8-17(23-20(14)18)15-5-3-10-21-13-15/h2-11,13H,12H2,1H3,(H,22,26). The minimum absolute atomic E-state index is 0.121. The molecule has 0 aliphatic heterocycles. The number of nitrogens with one attached hydrogen (secondary N) is 1. The number of aryl methyl sites for hydroxylation is 1. The summed E-state index contributed by atoms with van der Waals surface area (Å²) in [7, 11) is 1.83. The largest absolute Gasteiger partial charge is 0.324 e. The zero-order valence-corrected chi connectivity index (χ0v) is 14.3. The van der Waals surface area contributed by atoms with Crippen LogP contribution >= 0.6 is 0 Å². The van der Waals surface area contributed by atoms with Crippen LogP contribution in [0.25, 0.3) is 22.2 Å². The van der Waals surface area contributed by atoms with E-state index in [1.54, 1.807) is 17.1 Å². The third kappa shape index (κ3) is 3.30. The Morgan fingerprint density at radius 3 is 2.81 bits per heavy atom. The van der Waals surface area contributed by atoms with Crippen LogP contribution in [0.1, 0.15) is 5.69 Å². The highest BCUT2D eigenvalue weighted by Crippen LogP contribution is 2.25. The van der Waals surface area contributed by atoms with Gasteiger partial charge in [0.2, 0.25) is 5.91 Å². The second-order valence-electron chi connectivity index (χ2n) is 6.02. The number of carbonyl (C=O) groups is 1. The van der Waals surface area contributed by atoms with E-state index in [1.807, 2.05) is 61.8 Å². The van der Waals surface area contributed by atoms with Gasteiger partial charge in [-0.1, -0.05) is 18.2 Å². The number of para-hydroxylation sites is 1. The summed E-state index contributed by atoms with van der Waals surface area (Å²) in [4.78, 5) is 21.3. The molecular formula is C20H17N5O. The number of hydrogen-bond donors (Lipinski definition) is 1. The average Bonchev–Trinajstić information content (AvgIpc) is 3.07. The quantitative estimate of drug-likeness (QED) is 0.617. The normalized spacial score (nSPS) is 10.8. The molecule has 0 fully saturated rings. The van der Waals surface area contributed by atoms with E-state index >= 15 is 0 Å². The Balaban J connectivity index is 1.65. The number of carbonyl (C=O) groups excluding carboxylic acids is 1. The molecule has 26 heavy (non-hydrogen) atoms. The molecule has 0 radical (unpaired) electrons. The van der Waals surface area contributed by atoms with E-state index in [-0.39, 0.29) is 12.3 Å². The summed E-state index contributed by atoms with van der Waals surface area (Å²) in [5.74, 6) is -0.121. The van der Waals surface area contributed by atoms with Crippen LogP contribution in [-0.4, -0.2) is 25.7 Å². The van der Waals surface area contributed by atoms with E-state index in [9.17, 15) is 4.79 Å². The topological polar surface area (TPSA) is 72.7 Å². The molecule has 0 aliphatic carbocycles. The summed E-state index contributed by atoms with van der Waals surface area (Å²) < 4.78 is 1.68. The van der Waals surface area contributed by atoms with Crippen molar-refractivity contribution in [2.24, 2.45) is 7.05 Å². The van der Waals surface area contributed by atoms with Gasteiger partial charge in [-0.05, 0) is 30.3 Å². The van der Waals surface area contributed by atoms with Gasteiger partial charge in [0.15, 0.2) is 0 Å². The third-order valence-electron chi connectivity index (χ3n) is 4.06. The first-order chi connectivity index (χ1) is 12.7. The molecule has 4 aromatic rings. The molecule has 1 aromatic carbocycles. The second-order valence-corrected chi connectivity index (χ2v) is 6.02. The molecule has 128 valence electrons. The molecule has 3 heterocycles. The third-order valence-corrected chi connectivity index (χ3v) is 4.06. The van der Waals surface area contributed by atoms with Crippen molar-refractivity contribution in [3.8, 4) is 11.3 Å². The number of fused-ring (bicyclic) bond motifs is 1. The van der Waals surface area contributed by atoms with Crippen LogP contribution in [0.2, 0.25) is 0 Å². The number of aromatic nitrogens is 4. The Bertz CT molecular complexity index is 1070. The van der Waals surface area contributed by atoms with Crippen LogP contribution in [0.3, 0.4) is 0 Å². The minimum atomic E-state index is -0.121. The van der Waals surface area contributed by atoms with E-state index in [2.05, 4.69) is 15.4 Å². The van der Waals surface area contributed by atoms with Crippen molar-refractivity contribution < 1.29 is 4.79 Å². The maximum Gasteiger partial charge on any atom is 0.230 e. The Morgan fingerprint density at radius 2 is 2.04 bits per heavy atom. The summed E-state index contributed by atoms with van der Waals surface area (Å²) in [5.41, 5.74) is 3.92. The molecule has 0 unspecified atom stereocenters. The summed E-state index contributed by atoms with van der Waals surface area (Å²) >= 11 is 0. The minimum Gasteiger partial charge on any atom is -0.324 e. The zero-order valence-electron chi connectivity index (χ0n) is 14.3. The fourth-order valence-corrected chi connectivity index (χ4v) is 2.84. The first-order valence-corrected chi connectivity index (χ1v) is 8.27. The van der Waals surface area contributed by atoms with E-state index in [0.29, 0.717) is 5.69 Å². The molecule has 0 aliphatic rings. The molecule has 6 heteroatoms. The van der Waals surface area contributed by atoms with Gasteiger partial charge in [0, 0.05) is 36.6 Å². The molecule has 0 spiro atoms. The lowest BCUT2D eigenvalue weighted by molar-refractivity contribution is -0.115. The Hall–Kier alpha value is -3.54. The summed E-state index contributed by atoms with van der Waals surface area (Å²) in [6, 6.07) is 15.4. The fraction of sp³-hybridized carbons (Fsp3) is 0.100. The number of hydrogen-bond acceptors (Lipinski definition) is 4. The Labute approximate surface area is 150 Å². The van der Waals surface area contributed by atoms with E-state index < -0.39 is 0 Å². The predicted molar refractivity (Wildman–Crippen MR) is 101 cm³/mol. The summed E-state index contributed by atoms with van der Waals surface area (Å²) in [6.07, 6.45) is 5.55. The SMILES string of the molecule is Cn1ccc(CC(=O)Nc2cccc3ccc(-c4cccnc4)nc23)n1. The Kier molecular flexibility index (Phi) is 4.15. The van der Waals surface area contributed by atoms with Crippen molar-refractivity contribution in [1.29, 1.82) is 0 Å². The average molecular weight is 343 g/mol. The smallest absolute Gasteiger partial charge is 0.230 e. The molecule has 0 atom stereocenters. The molecule has 4 rings (SSSR count). The van der Waals surface area contributed by atoms with Gasteiger partial charge in [-0.15, -0.1) is 0 Å². The molecular weight excluding hydrogens is 326 g/mol. The number of pyridine rings is 2. The monoisotopic (exact) mass is 343 g/mol. The van der Waals surface area contributed by atoms with Gasteiger partial charge < -0.3 is 5.32 Å². The number of amides is 1. The highest BCUT2D eigenvalue weighted by atomic mass is 16.1. The summed E-state index contributed by atoms with van der Waals surface area (Å²) in [6.45, 7) is 0. The van der Waals surface area contributed by atoms with Crippen molar-refractivity contribution >= 4 is 22.5 Å². The number of rotatable bonds is 4. The molecule has 0 bridgehead atoms. The molecule has 3 aromatic heterocycles. The van der Waals surface area contributed by atoms with Crippen LogP contribution in [0.4, 0.5) is 5.69 Å². The van der Waals surface area contributed by atoms with Gasteiger partial charge in [-0.3, -0.25) is 14.5 Å². The molecule has 1 amide bonds. The number of anilines is 1. The van der Waals surface area contributed by atoms with Gasteiger partial charge >= 0.3 is 0 Å². The van der Waals surface area contributed by atoms with Crippen molar-refractivity contribution in [2.45, 2.75) is 6.42 Å². The maximum atomic E-state index is 12.4. The van der Waals surface area contributed by atoms with Gasteiger partial charge in [-0.2, -0.15) is 5.10 Å². The lowest BCUT2D eigenvalue weighted by atomic mass is 10.1. The van der Waals surface area contributed by atoms with Crippen LogP contribution in [0.15, 0.2) is 67.1 Å². The number of nitrogens with zero attached hydrogens (tertiary/aromatic N) is 4. The predicted octanol–water partition coefficient (Wildman–Crippen LogP) is 3.21. The zero-order chi connectivity index (χ0) is 17.9. The van der Waals surface area contributed by atoms with Gasteiger partial charge in [0.25, 0.3) is 0 Å². The van der Waals surface area contributed by atoms with Crippen LogP contribution < -0.4 is 5.32 Å². The molecule has 0 saturated carbocycles. The van der Waals surface area contributed by atoms with Gasteiger partial charge in [0.1, 0.15) is 0 Å². The van der Waals surface area contributed by atoms with Crippen LogP contribution in [-0.2, 0) is 18.3 Å². The van der Waals surface area contributed by atoms with Crippen molar-refractivity contribution in [3.63, 3.8) is 0 Å². The maximum absolute atomic E-state index is 12.4. The highest BCUT2D eigenvalue weighted by molar-refractivity contribution is 6.01. The lowest BCUT2D eigenvalue weighted by Gasteiger charge is -2.09. The van der Waals surface area contributed by atoms with Crippen LogP contribution in [0, 0.1) is 0 Å². The highest BCUT2D eigenvalue weighted by Gasteiger charge is 2.10. The van der Waals surface area contributed by atoms with Crippen LogP contribution in [0.5, 0.6) is 0 Å². The second kappa shape index (κ2) is 6.76. The first kappa shape index (κ1) is 16.0. The first-order valence-electron chi connectivity index (χ1n) is 8.27. The van der Waals surface area contributed by atoms with Gasteiger partial charge in [0.05, 0.1) is 29.0 Å². The van der Waals surface area contributed by atoms with Crippen molar-refractivity contribution in [1.82, 2.24) is 19.7 Å². The number of benzene rings is 1. The van der Waals surface area contributed by atoms with E-state index in [4.69, 9.17) is 4.98 Å². The molecule has 0 saturated heterocycles.